The van der Waals surface area contributed by atoms with Gasteiger partial charge < -0.3 is 9.84 Å². The molecular weight excluding hydrogens is 236 g/mol. The van der Waals surface area contributed by atoms with Crippen molar-refractivity contribution >= 4 is 17.7 Å². The average molecular weight is 250 g/mol. The molecule has 0 saturated heterocycles. The third kappa shape index (κ3) is 1.62. The highest BCUT2D eigenvalue weighted by atomic mass is 32.2. The SMILES string of the molecule is O=C(O)C1(c2ccc3c(c2)OCS3)CCCC1. The number of hydrogen-bond acceptors (Lipinski definition) is 3. The van der Waals surface area contributed by atoms with E-state index in [0.717, 1.165) is 41.9 Å². The third-order valence-electron chi connectivity index (χ3n) is 3.79. The van der Waals surface area contributed by atoms with Crippen molar-refractivity contribution in [1.82, 2.24) is 0 Å². The zero-order valence-corrected chi connectivity index (χ0v) is 10.3. The fourth-order valence-electron chi connectivity index (χ4n) is 2.80. The van der Waals surface area contributed by atoms with Gasteiger partial charge in [-0.3, -0.25) is 4.79 Å². The fraction of sp³-hybridized carbons (Fsp3) is 0.462. The minimum Gasteiger partial charge on any atom is -0.481 e. The smallest absolute Gasteiger partial charge is 0.314 e. The maximum atomic E-state index is 11.6. The summed E-state index contributed by atoms with van der Waals surface area (Å²) in [5.74, 6) is 0.791. The summed E-state index contributed by atoms with van der Waals surface area (Å²) in [6.07, 6.45) is 3.49. The van der Waals surface area contributed by atoms with Crippen LogP contribution in [0.2, 0.25) is 0 Å². The summed E-state index contributed by atoms with van der Waals surface area (Å²) < 4.78 is 5.49. The summed E-state index contributed by atoms with van der Waals surface area (Å²) in [7, 11) is 0. The van der Waals surface area contributed by atoms with E-state index >= 15 is 0 Å². The maximum Gasteiger partial charge on any atom is 0.314 e. The molecule has 0 bridgehead atoms. The molecule has 0 atom stereocenters. The molecule has 0 amide bonds. The van der Waals surface area contributed by atoms with Gasteiger partial charge in [0.1, 0.15) is 11.7 Å². The Morgan fingerprint density at radius 2 is 2.12 bits per heavy atom. The molecule has 1 aliphatic heterocycles. The average Bonchev–Trinajstić information content (AvgIpc) is 2.97. The molecule has 3 nitrogen and oxygen atoms in total. The summed E-state index contributed by atoms with van der Waals surface area (Å²) in [6.45, 7) is 0. The quantitative estimate of drug-likeness (QED) is 0.876. The lowest BCUT2D eigenvalue weighted by Crippen LogP contribution is -2.32. The normalized spacial score (nSPS) is 20.9. The molecule has 0 aromatic heterocycles. The number of hydrogen-bond donors (Lipinski definition) is 1. The Morgan fingerprint density at radius 3 is 2.82 bits per heavy atom. The third-order valence-corrected chi connectivity index (χ3v) is 4.68. The number of carboxylic acid groups (broad SMARTS) is 1. The molecule has 1 fully saturated rings. The minimum atomic E-state index is -0.694. The van der Waals surface area contributed by atoms with Gasteiger partial charge in [0.15, 0.2) is 0 Å². The Kier molecular flexibility index (Phi) is 2.54. The van der Waals surface area contributed by atoms with Crippen molar-refractivity contribution in [3.8, 4) is 5.75 Å². The van der Waals surface area contributed by atoms with Crippen molar-refractivity contribution in [2.24, 2.45) is 0 Å². The van der Waals surface area contributed by atoms with Crippen LogP contribution >= 0.6 is 11.8 Å². The highest BCUT2D eigenvalue weighted by Gasteiger charge is 2.43. The predicted molar refractivity (Wildman–Crippen MR) is 65.6 cm³/mol. The van der Waals surface area contributed by atoms with Crippen LogP contribution in [0.3, 0.4) is 0 Å². The Hall–Kier alpha value is -1.16. The van der Waals surface area contributed by atoms with Crippen molar-refractivity contribution in [3.63, 3.8) is 0 Å². The summed E-state index contributed by atoms with van der Waals surface area (Å²) in [5, 5.41) is 9.52. The molecule has 0 radical (unpaired) electrons. The zero-order chi connectivity index (χ0) is 11.9. The van der Waals surface area contributed by atoms with Crippen LogP contribution in [0, 0.1) is 0 Å². The summed E-state index contributed by atoms with van der Waals surface area (Å²) in [4.78, 5) is 12.7. The number of carboxylic acids is 1. The van der Waals surface area contributed by atoms with Gasteiger partial charge >= 0.3 is 5.97 Å². The maximum absolute atomic E-state index is 11.6. The van der Waals surface area contributed by atoms with Crippen molar-refractivity contribution in [3.05, 3.63) is 23.8 Å². The lowest BCUT2D eigenvalue weighted by Gasteiger charge is -2.24. The first-order valence-electron chi connectivity index (χ1n) is 5.86. The van der Waals surface area contributed by atoms with Crippen LogP contribution in [-0.4, -0.2) is 17.0 Å². The second-order valence-corrected chi connectivity index (χ2v) is 5.63. The largest absolute Gasteiger partial charge is 0.481 e. The molecule has 3 rings (SSSR count). The van der Waals surface area contributed by atoms with Gasteiger partial charge in [-0.1, -0.05) is 30.7 Å². The fourth-order valence-corrected chi connectivity index (χ4v) is 3.54. The molecule has 0 spiro atoms. The van der Waals surface area contributed by atoms with Gasteiger partial charge in [-0.25, -0.2) is 0 Å². The first-order chi connectivity index (χ1) is 8.22. The Balaban J connectivity index is 2.05. The van der Waals surface area contributed by atoms with Gasteiger partial charge in [-0.15, -0.1) is 0 Å². The Labute approximate surface area is 104 Å². The van der Waals surface area contributed by atoms with Crippen molar-refractivity contribution in [2.45, 2.75) is 36.0 Å². The predicted octanol–water partition coefficient (Wildman–Crippen LogP) is 3.03. The first kappa shape index (κ1) is 11.0. The lowest BCUT2D eigenvalue weighted by molar-refractivity contribution is -0.143. The molecule has 0 unspecified atom stereocenters. The highest BCUT2D eigenvalue weighted by Crippen LogP contribution is 2.45. The van der Waals surface area contributed by atoms with Crippen LogP contribution in [0.25, 0.3) is 0 Å². The number of aliphatic carboxylic acids is 1. The number of ether oxygens (including phenoxy) is 1. The lowest BCUT2D eigenvalue weighted by atomic mass is 9.79. The number of rotatable bonds is 2. The van der Waals surface area contributed by atoms with Gasteiger partial charge in [0.25, 0.3) is 0 Å². The molecule has 1 saturated carbocycles. The molecule has 1 N–H and O–H groups in total. The van der Waals surface area contributed by atoms with Crippen molar-refractivity contribution in [2.75, 3.05) is 5.94 Å². The molecule has 17 heavy (non-hydrogen) atoms. The summed E-state index contributed by atoms with van der Waals surface area (Å²) in [5.41, 5.74) is 0.231. The zero-order valence-electron chi connectivity index (χ0n) is 9.44. The van der Waals surface area contributed by atoms with Crippen LogP contribution in [0.5, 0.6) is 5.75 Å². The number of benzene rings is 1. The Bertz CT molecular complexity index is 464. The van der Waals surface area contributed by atoms with E-state index in [9.17, 15) is 9.90 Å². The van der Waals surface area contributed by atoms with Gasteiger partial charge in [0.05, 0.1) is 10.3 Å². The second kappa shape index (κ2) is 3.95. The minimum absolute atomic E-state index is 0.638. The van der Waals surface area contributed by atoms with E-state index in [2.05, 4.69) is 0 Å². The first-order valence-corrected chi connectivity index (χ1v) is 6.84. The molecular formula is C13H14O3S. The van der Waals surface area contributed by atoms with Crippen molar-refractivity contribution < 1.29 is 14.6 Å². The van der Waals surface area contributed by atoms with Gasteiger partial charge in [0, 0.05) is 0 Å². The van der Waals surface area contributed by atoms with Crippen LogP contribution < -0.4 is 4.74 Å². The molecule has 1 heterocycles. The van der Waals surface area contributed by atoms with E-state index in [1.807, 2.05) is 18.2 Å². The van der Waals surface area contributed by atoms with Crippen LogP contribution in [0.15, 0.2) is 23.1 Å². The van der Waals surface area contributed by atoms with E-state index in [1.54, 1.807) is 11.8 Å². The van der Waals surface area contributed by atoms with Crippen LogP contribution in [0.1, 0.15) is 31.2 Å². The topological polar surface area (TPSA) is 46.5 Å². The monoisotopic (exact) mass is 250 g/mol. The van der Waals surface area contributed by atoms with E-state index in [-0.39, 0.29) is 0 Å². The van der Waals surface area contributed by atoms with Crippen LogP contribution in [-0.2, 0) is 10.2 Å². The van der Waals surface area contributed by atoms with Crippen molar-refractivity contribution in [1.29, 1.82) is 0 Å². The highest BCUT2D eigenvalue weighted by molar-refractivity contribution is 7.99. The number of fused-ring (bicyclic) bond motifs is 1. The van der Waals surface area contributed by atoms with E-state index in [1.165, 1.54) is 0 Å². The number of thioether (sulfide) groups is 1. The summed E-state index contributed by atoms with van der Waals surface area (Å²) >= 11 is 1.66. The molecule has 1 aliphatic carbocycles. The second-order valence-electron chi connectivity index (χ2n) is 4.66. The standard InChI is InChI=1S/C13H14O3S/c14-12(15)13(5-1-2-6-13)9-3-4-11-10(7-9)16-8-17-11/h3-4,7H,1-2,5-6,8H2,(H,14,15). The van der Waals surface area contributed by atoms with Gasteiger partial charge in [0.2, 0.25) is 0 Å². The van der Waals surface area contributed by atoms with Gasteiger partial charge in [-0.2, -0.15) is 0 Å². The van der Waals surface area contributed by atoms with E-state index in [4.69, 9.17) is 4.74 Å². The molecule has 2 aliphatic rings. The van der Waals surface area contributed by atoms with E-state index < -0.39 is 11.4 Å². The summed E-state index contributed by atoms with van der Waals surface area (Å²) in [6, 6.07) is 5.88. The molecule has 4 heteroatoms. The van der Waals surface area contributed by atoms with Gasteiger partial charge in [-0.05, 0) is 30.5 Å². The molecule has 1 aromatic carbocycles. The van der Waals surface area contributed by atoms with Crippen LogP contribution in [0.4, 0.5) is 0 Å². The number of carbonyl (C=O) groups is 1. The molecule has 1 aromatic rings. The van der Waals surface area contributed by atoms with E-state index in [0.29, 0.717) is 5.94 Å². The Morgan fingerprint density at radius 1 is 1.35 bits per heavy atom. The molecule has 90 valence electrons.